The summed E-state index contributed by atoms with van der Waals surface area (Å²) in [6.07, 6.45) is -4.94. The number of nitrogens with one attached hydrogen (secondary N) is 1. The second-order valence-electron chi connectivity index (χ2n) is 4.11. The second kappa shape index (κ2) is 4.76. The fraction of sp³-hybridized carbons (Fsp3) is 0.500. The number of rotatable bonds is 3. The number of hydrogen-bond donors (Lipinski definition) is 1. The molecule has 0 bridgehead atoms. The molecule has 1 atom stereocenters. The van der Waals surface area contributed by atoms with E-state index >= 15 is 0 Å². The topological polar surface area (TPSA) is 12.0 Å². The highest BCUT2D eigenvalue weighted by Crippen LogP contribution is 2.25. The van der Waals surface area contributed by atoms with Gasteiger partial charge in [0.05, 0.1) is 6.42 Å². The molecule has 90 valence electrons. The minimum atomic E-state index is -4.12. The molecule has 0 fully saturated rings. The van der Waals surface area contributed by atoms with Crippen molar-refractivity contribution >= 4 is 5.69 Å². The van der Waals surface area contributed by atoms with Gasteiger partial charge in [-0.15, -0.1) is 0 Å². The van der Waals surface area contributed by atoms with Gasteiger partial charge in [-0.1, -0.05) is 12.1 Å². The van der Waals surface area contributed by atoms with Crippen molar-refractivity contribution in [1.29, 1.82) is 0 Å². The van der Waals surface area contributed by atoms with Crippen molar-refractivity contribution in [2.24, 2.45) is 0 Å². The summed E-state index contributed by atoms with van der Waals surface area (Å²) < 4.78 is 36.4. The molecule has 4 heteroatoms. The van der Waals surface area contributed by atoms with Gasteiger partial charge in [-0.2, -0.15) is 13.2 Å². The zero-order chi connectivity index (χ0) is 12.3. The zero-order valence-corrected chi connectivity index (χ0v) is 9.65. The van der Waals surface area contributed by atoms with Crippen LogP contribution < -0.4 is 5.32 Å². The van der Waals surface area contributed by atoms with Gasteiger partial charge in [0.2, 0.25) is 0 Å². The smallest absolute Gasteiger partial charge is 0.382 e. The van der Waals surface area contributed by atoms with Crippen LogP contribution in [0, 0.1) is 13.8 Å². The molecule has 0 heterocycles. The third-order valence-electron chi connectivity index (χ3n) is 2.54. The maximum absolute atomic E-state index is 12.1. The molecule has 1 aromatic carbocycles. The number of hydrogen-bond acceptors (Lipinski definition) is 1. The Morgan fingerprint density at radius 3 is 2.44 bits per heavy atom. The molecular weight excluding hydrogens is 215 g/mol. The van der Waals surface area contributed by atoms with Crippen LogP contribution in [0.1, 0.15) is 24.5 Å². The van der Waals surface area contributed by atoms with E-state index in [1.54, 1.807) is 6.07 Å². The first-order valence-corrected chi connectivity index (χ1v) is 5.19. The van der Waals surface area contributed by atoms with Crippen molar-refractivity contribution in [3.63, 3.8) is 0 Å². The Morgan fingerprint density at radius 2 is 1.88 bits per heavy atom. The Morgan fingerprint density at radius 1 is 1.25 bits per heavy atom. The van der Waals surface area contributed by atoms with E-state index in [1.165, 1.54) is 6.92 Å². The molecule has 0 saturated heterocycles. The summed E-state index contributed by atoms with van der Waals surface area (Å²) in [5, 5.41) is 2.89. The molecule has 0 aromatic heterocycles. The van der Waals surface area contributed by atoms with E-state index < -0.39 is 18.6 Å². The van der Waals surface area contributed by atoms with Crippen LogP contribution in [0.2, 0.25) is 0 Å². The highest BCUT2D eigenvalue weighted by molar-refractivity contribution is 5.54. The van der Waals surface area contributed by atoms with E-state index in [4.69, 9.17) is 0 Å². The number of halogens is 3. The Kier molecular flexibility index (Phi) is 3.83. The van der Waals surface area contributed by atoms with Gasteiger partial charge in [-0.25, -0.2) is 0 Å². The van der Waals surface area contributed by atoms with Crippen molar-refractivity contribution in [3.05, 3.63) is 29.3 Å². The van der Waals surface area contributed by atoms with E-state index in [1.807, 2.05) is 26.0 Å². The molecule has 1 rings (SSSR count). The SMILES string of the molecule is Cc1cccc(NC(C)CC(F)(F)F)c1C. The quantitative estimate of drug-likeness (QED) is 0.827. The lowest BCUT2D eigenvalue weighted by molar-refractivity contribution is -0.136. The summed E-state index contributed by atoms with van der Waals surface area (Å²) in [4.78, 5) is 0. The fourth-order valence-corrected chi connectivity index (χ4v) is 1.57. The third-order valence-corrected chi connectivity index (χ3v) is 2.54. The molecule has 1 nitrogen and oxygen atoms in total. The van der Waals surface area contributed by atoms with Gasteiger partial charge in [-0.05, 0) is 38.0 Å². The van der Waals surface area contributed by atoms with Gasteiger partial charge in [0.25, 0.3) is 0 Å². The molecule has 0 aliphatic heterocycles. The average molecular weight is 231 g/mol. The van der Waals surface area contributed by atoms with E-state index in [0.29, 0.717) is 0 Å². The molecule has 0 aliphatic carbocycles. The highest BCUT2D eigenvalue weighted by atomic mass is 19.4. The van der Waals surface area contributed by atoms with E-state index in [2.05, 4.69) is 5.32 Å². The van der Waals surface area contributed by atoms with Crippen molar-refractivity contribution < 1.29 is 13.2 Å². The first kappa shape index (κ1) is 12.9. The maximum Gasteiger partial charge on any atom is 0.391 e. The van der Waals surface area contributed by atoms with Gasteiger partial charge in [0.1, 0.15) is 0 Å². The molecule has 0 radical (unpaired) electrons. The van der Waals surface area contributed by atoms with Crippen molar-refractivity contribution in [2.45, 2.75) is 39.4 Å². The minimum absolute atomic E-state index is 0.611. The van der Waals surface area contributed by atoms with Gasteiger partial charge >= 0.3 is 6.18 Å². The van der Waals surface area contributed by atoms with Crippen LogP contribution in [0.4, 0.5) is 18.9 Å². The predicted octanol–water partition coefficient (Wildman–Crippen LogP) is 4.06. The number of anilines is 1. The standard InChI is InChI=1S/C12H16F3N/c1-8-5-4-6-11(10(8)3)16-9(2)7-12(13,14)15/h4-6,9,16H,7H2,1-3H3. The normalized spacial score (nSPS) is 13.6. The molecular formula is C12H16F3N. The number of aryl methyl sites for hydroxylation is 1. The summed E-state index contributed by atoms with van der Waals surface area (Å²) in [6.45, 7) is 5.38. The van der Waals surface area contributed by atoms with Gasteiger partial charge in [-0.3, -0.25) is 0 Å². The van der Waals surface area contributed by atoms with Crippen LogP contribution in [0.5, 0.6) is 0 Å². The molecule has 1 unspecified atom stereocenters. The Labute approximate surface area is 93.7 Å². The lowest BCUT2D eigenvalue weighted by Crippen LogP contribution is -2.24. The molecule has 1 N–H and O–H groups in total. The molecule has 16 heavy (non-hydrogen) atoms. The van der Waals surface area contributed by atoms with Crippen LogP contribution in [-0.2, 0) is 0 Å². The lowest BCUT2D eigenvalue weighted by Gasteiger charge is -2.19. The number of benzene rings is 1. The largest absolute Gasteiger partial charge is 0.391 e. The Bertz CT molecular complexity index is 358. The van der Waals surface area contributed by atoms with Crippen LogP contribution >= 0.6 is 0 Å². The van der Waals surface area contributed by atoms with Crippen LogP contribution in [-0.4, -0.2) is 12.2 Å². The fourth-order valence-electron chi connectivity index (χ4n) is 1.57. The van der Waals surface area contributed by atoms with E-state index in [0.717, 1.165) is 16.8 Å². The van der Waals surface area contributed by atoms with Crippen LogP contribution in [0.25, 0.3) is 0 Å². The van der Waals surface area contributed by atoms with Crippen molar-refractivity contribution in [2.75, 3.05) is 5.32 Å². The van der Waals surface area contributed by atoms with Gasteiger partial charge in [0, 0.05) is 11.7 Å². The molecule has 0 saturated carbocycles. The summed E-state index contributed by atoms with van der Waals surface area (Å²) in [5.41, 5.74) is 2.84. The highest BCUT2D eigenvalue weighted by Gasteiger charge is 2.29. The van der Waals surface area contributed by atoms with Gasteiger partial charge < -0.3 is 5.32 Å². The molecule has 1 aromatic rings. The molecule has 0 spiro atoms. The van der Waals surface area contributed by atoms with Crippen LogP contribution in [0.3, 0.4) is 0 Å². The maximum atomic E-state index is 12.1. The van der Waals surface area contributed by atoms with Crippen LogP contribution in [0.15, 0.2) is 18.2 Å². The van der Waals surface area contributed by atoms with Crippen molar-refractivity contribution in [1.82, 2.24) is 0 Å². The van der Waals surface area contributed by atoms with E-state index in [9.17, 15) is 13.2 Å². The minimum Gasteiger partial charge on any atom is -0.382 e. The summed E-state index contributed by atoms with van der Waals surface area (Å²) in [5.74, 6) is 0. The number of alkyl halides is 3. The lowest BCUT2D eigenvalue weighted by atomic mass is 10.1. The zero-order valence-electron chi connectivity index (χ0n) is 9.65. The average Bonchev–Trinajstić information content (AvgIpc) is 2.09. The van der Waals surface area contributed by atoms with Crippen molar-refractivity contribution in [3.8, 4) is 0 Å². The summed E-state index contributed by atoms with van der Waals surface area (Å²) in [7, 11) is 0. The first-order valence-electron chi connectivity index (χ1n) is 5.19. The Balaban J connectivity index is 2.70. The monoisotopic (exact) mass is 231 g/mol. The predicted molar refractivity (Wildman–Crippen MR) is 59.7 cm³/mol. The summed E-state index contributed by atoms with van der Waals surface area (Å²) in [6, 6.07) is 4.97. The summed E-state index contributed by atoms with van der Waals surface area (Å²) >= 11 is 0. The van der Waals surface area contributed by atoms with E-state index in [-0.39, 0.29) is 0 Å². The second-order valence-corrected chi connectivity index (χ2v) is 4.11. The third kappa shape index (κ3) is 3.76. The molecule has 0 aliphatic rings. The Hall–Kier alpha value is -1.19. The molecule has 0 amide bonds. The first-order chi connectivity index (χ1) is 7.29. The van der Waals surface area contributed by atoms with Gasteiger partial charge in [0.15, 0.2) is 0 Å².